The Labute approximate surface area is 163 Å². The third kappa shape index (κ3) is 4.31. The van der Waals surface area contributed by atoms with E-state index in [2.05, 4.69) is 37.7 Å². The number of benzene rings is 1. The third-order valence-electron chi connectivity index (χ3n) is 4.96. The second kappa shape index (κ2) is 8.39. The number of nitrogens with zero attached hydrogens (tertiary/aromatic N) is 2. The van der Waals surface area contributed by atoms with Crippen LogP contribution in [-0.4, -0.2) is 46.7 Å². The number of carbonyl (C=O) groups is 1. The molecule has 1 aromatic carbocycles. The van der Waals surface area contributed by atoms with Crippen LogP contribution in [0.1, 0.15) is 34.7 Å². The highest BCUT2D eigenvalue weighted by Gasteiger charge is 2.17. The van der Waals surface area contributed by atoms with Crippen molar-refractivity contribution >= 4 is 22.6 Å². The minimum Gasteiger partial charge on any atom is -0.376 e. The molecule has 1 aliphatic heterocycles. The Bertz CT molecular complexity index is 962. The molecule has 3 heterocycles. The van der Waals surface area contributed by atoms with E-state index in [1.54, 1.807) is 13.0 Å². The number of amides is 1. The normalized spacial score (nSPS) is 16.4. The molecular formula is C21H25N5O2. The van der Waals surface area contributed by atoms with Gasteiger partial charge in [-0.3, -0.25) is 4.79 Å². The molecule has 7 heteroatoms. The first kappa shape index (κ1) is 18.4. The van der Waals surface area contributed by atoms with Gasteiger partial charge in [0.15, 0.2) is 0 Å². The predicted molar refractivity (Wildman–Crippen MR) is 109 cm³/mol. The lowest BCUT2D eigenvalue weighted by Gasteiger charge is -2.12. The first-order valence-corrected chi connectivity index (χ1v) is 9.73. The molecule has 0 bridgehead atoms. The minimum absolute atomic E-state index is 0.112. The Morgan fingerprint density at radius 1 is 1.32 bits per heavy atom. The summed E-state index contributed by atoms with van der Waals surface area (Å²) in [5.74, 6) is 1.04. The van der Waals surface area contributed by atoms with E-state index in [1.807, 2.05) is 18.3 Å². The molecular weight excluding hydrogens is 354 g/mol. The van der Waals surface area contributed by atoms with Gasteiger partial charge in [0.1, 0.15) is 17.3 Å². The molecule has 0 radical (unpaired) electrons. The number of hydrogen-bond donors (Lipinski definition) is 3. The smallest absolute Gasteiger partial charge is 0.270 e. The number of carbonyl (C=O) groups excluding carboxylic acids is 1. The monoisotopic (exact) mass is 379 g/mol. The molecule has 3 aromatic rings. The number of aromatic nitrogens is 3. The largest absolute Gasteiger partial charge is 0.376 e. The van der Waals surface area contributed by atoms with Crippen molar-refractivity contribution in [2.75, 3.05) is 25.0 Å². The van der Waals surface area contributed by atoms with Gasteiger partial charge in [-0.05, 0) is 37.8 Å². The highest BCUT2D eigenvalue weighted by Crippen LogP contribution is 2.18. The van der Waals surface area contributed by atoms with Crippen molar-refractivity contribution in [3.63, 3.8) is 0 Å². The van der Waals surface area contributed by atoms with Crippen molar-refractivity contribution in [3.8, 4) is 0 Å². The number of fused-ring (bicyclic) bond motifs is 1. The van der Waals surface area contributed by atoms with Gasteiger partial charge < -0.3 is 20.4 Å². The Balaban J connectivity index is 1.35. The van der Waals surface area contributed by atoms with Crippen LogP contribution < -0.4 is 10.6 Å². The number of nitrogens with one attached hydrogen (secondary N) is 3. The molecule has 1 aliphatic rings. The molecule has 0 aliphatic carbocycles. The zero-order valence-corrected chi connectivity index (χ0v) is 16.0. The molecule has 7 nitrogen and oxygen atoms in total. The van der Waals surface area contributed by atoms with Gasteiger partial charge in [-0.25, -0.2) is 9.97 Å². The summed E-state index contributed by atoms with van der Waals surface area (Å²) in [6, 6.07) is 9.96. The summed E-state index contributed by atoms with van der Waals surface area (Å²) < 4.78 is 5.54. The van der Waals surface area contributed by atoms with Gasteiger partial charge in [-0.15, -0.1) is 0 Å². The van der Waals surface area contributed by atoms with E-state index in [1.165, 1.54) is 10.9 Å². The summed E-state index contributed by atoms with van der Waals surface area (Å²) in [6.45, 7) is 3.81. The van der Waals surface area contributed by atoms with E-state index in [4.69, 9.17) is 4.74 Å². The van der Waals surface area contributed by atoms with Gasteiger partial charge in [0.2, 0.25) is 0 Å². The second-order valence-electron chi connectivity index (χ2n) is 7.07. The fraction of sp³-hybridized carbons (Fsp3) is 0.381. The van der Waals surface area contributed by atoms with Crippen LogP contribution in [0.5, 0.6) is 0 Å². The Kier molecular flexibility index (Phi) is 5.53. The van der Waals surface area contributed by atoms with Crippen LogP contribution in [0.25, 0.3) is 10.9 Å². The molecule has 1 unspecified atom stereocenters. The molecule has 3 N–H and O–H groups in total. The Hall–Kier alpha value is -2.93. The average molecular weight is 379 g/mol. The topological polar surface area (TPSA) is 91.9 Å². The SMILES string of the molecule is Cc1nc(NCCc2c[nH]c3ccccc23)cc(C(=O)NCC2CCCO2)n1. The summed E-state index contributed by atoms with van der Waals surface area (Å²) in [6.07, 6.45) is 5.05. The van der Waals surface area contributed by atoms with Crippen LogP contribution in [0, 0.1) is 6.92 Å². The molecule has 1 atom stereocenters. The van der Waals surface area contributed by atoms with Crippen LogP contribution in [0.2, 0.25) is 0 Å². The van der Waals surface area contributed by atoms with E-state index in [9.17, 15) is 4.79 Å². The first-order valence-electron chi connectivity index (χ1n) is 9.73. The van der Waals surface area contributed by atoms with Gasteiger partial charge in [0, 0.05) is 42.9 Å². The Morgan fingerprint density at radius 2 is 2.21 bits per heavy atom. The molecule has 146 valence electrons. The van der Waals surface area contributed by atoms with Crippen LogP contribution in [0.15, 0.2) is 36.5 Å². The molecule has 1 amide bonds. The van der Waals surface area contributed by atoms with Gasteiger partial charge in [-0.2, -0.15) is 0 Å². The lowest BCUT2D eigenvalue weighted by Crippen LogP contribution is -2.32. The average Bonchev–Trinajstić information content (AvgIpc) is 3.36. The van der Waals surface area contributed by atoms with Crippen molar-refractivity contribution in [1.29, 1.82) is 0 Å². The quantitative estimate of drug-likeness (QED) is 0.587. The van der Waals surface area contributed by atoms with E-state index in [0.717, 1.165) is 37.9 Å². The second-order valence-corrected chi connectivity index (χ2v) is 7.07. The summed E-state index contributed by atoms with van der Waals surface area (Å²) in [5, 5.41) is 7.45. The highest BCUT2D eigenvalue weighted by molar-refractivity contribution is 5.93. The molecule has 0 saturated carbocycles. The number of H-pyrrole nitrogens is 1. The van der Waals surface area contributed by atoms with E-state index in [-0.39, 0.29) is 12.0 Å². The summed E-state index contributed by atoms with van der Waals surface area (Å²) in [5.41, 5.74) is 2.77. The molecule has 1 saturated heterocycles. The molecule has 1 fully saturated rings. The van der Waals surface area contributed by atoms with Crippen LogP contribution >= 0.6 is 0 Å². The number of hydrogen-bond acceptors (Lipinski definition) is 5. The van der Waals surface area contributed by atoms with Crippen LogP contribution in [0.3, 0.4) is 0 Å². The zero-order chi connectivity index (χ0) is 19.3. The van der Waals surface area contributed by atoms with E-state index < -0.39 is 0 Å². The lowest BCUT2D eigenvalue weighted by molar-refractivity contribution is 0.0853. The maximum absolute atomic E-state index is 12.4. The maximum Gasteiger partial charge on any atom is 0.270 e. The van der Waals surface area contributed by atoms with Gasteiger partial charge >= 0.3 is 0 Å². The van der Waals surface area contributed by atoms with E-state index >= 15 is 0 Å². The number of aryl methyl sites for hydroxylation is 1. The Morgan fingerprint density at radius 3 is 3.07 bits per heavy atom. The number of anilines is 1. The number of aromatic amines is 1. The summed E-state index contributed by atoms with van der Waals surface area (Å²) >= 11 is 0. The molecule has 4 rings (SSSR count). The van der Waals surface area contributed by atoms with Crippen LogP contribution in [0.4, 0.5) is 5.82 Å². The first-order chi connectivity index (χ1) is 13.7. The fourth-order valence-corrected chi connectivity index (χ4v) is 3.54. The predicted octanol–water partition coefficient (Wildman–Crippen LogP) is 2.83. The molecule has 0 spiro atoms. The maximum atomic E-state index is 12.4. The third-order valence-corrected chi connectivity index (χ3v) is 4.96. The standard InChI is InChI=1S/C21H25N5O2/c1-14-25-19(21(27)24-13-16-5-4-10-28-16)11-20(26-14)22-9-8-15-12-23-18-7-3-2-6-17(15)18/h2-3,6-7,11-12,16,23H,4-5,8-10,13H2,1H3,(H,24,27)(H,22,25,26). The minimum atomic E-state index is -0.194. The summed E-state index contributed by atoms with van der Waals surface area (Å²) in [4.78, 5) is 24.4. The number of rotatable bonds is 7. The fourth-order valence-electron chi connectivity index (χ4n) is 3.54. The van der Waals surface area contributed by atoms with Crippen molar-refractivity contribution in [1.82, 2.24) is 20.3 Å². The van der Waals surface area contributed by atoms with Crippen LogP contribution in [-0.2, 0) is 11.2 Å². The molecule has 2 aromatic heterocycles. The summed E-state index contributed by atoms with van der Waals surface area (Å²) in [7, 11) is 0. The lowest BCUT2D eigenvalue weighted by atomic mass is 10.1. The van der Waals surface area contributed by atoms with Gasteiger partial charge in [0.25, 0.3) is 5.91 Å². The van der Waals surface area contributed by atoms with Gasteiger partial charge in [0.05, 0.1) is 6.10 Å². The van der Waals surface area contributed by atoms with Gasteiger partial charge in [-0.1, -0.05) is 18.2 Å². The molecule has 28 heavy (non-hydrogen) atoms. The highest BCUT2D eigenvalue weighted by atomic mass is 16.5. The van der Waals surface area contributed by atoms with Crippen molar-refractivity contribution in [2.24, 2.45) is 0 Å². The number of ether oxygens (including phenoxy) is 1. The number of para-hydroxylation sites is 1. The van der Waals surface area contributed by atoms with E-state index in [0.29, 0.717) is 23.9 Å². The van der Waals surface area contributed by atoms with Crippen molar-refractivity contribution in [2.45, 2.75) is 32.3 Å². The zero-order valence-electron chi connectivity index (χ0n) is 16.0. The van der Waals surface area contributed by atoms with Crippen molar-refractivity contribution in [3.05, 3.63) is 53.6 Å². The van der Waals surface area contributed by atoms with Crippen molar-refractivity contribution < 1.29 is 9.53 Å².